The van der Waals surface area contributed by atoms with Crippen LogP contribution in [-0.2, 0) is 12.3 Å². The normalized spacial score (nSPS) is 14.3. The summed E-state index contributed by atoms with van der Waals surface area (Å²) in [4.78, 5) is 2.32. The molecule has 0 N–H and O–H groups in total. The molecule has 0 radical (unpaired) electrons. The Morgan fingerprint density at radius 2 is 1.80 bits per heavy atom. The molecule has 1 saturated heterocycles. The maximum absolute atomic E-state index is 5.59. The Kier molecular flexibility index (Phi) is 5.47. The highest BCUT2D eigenvalue weighted by Crippen LogP contribution is 2.27. The molecule has 10 heteroatoms. The van der Waals surface area contributed by atoms with Gasteiger partial charge in [0.2, 0.25) is 5.95 Å². The number of hydrogen-bond donors (Lipinski definition) is 0. The number of rotatable bonds is 7. The lowest BCUT2D eigenvalue weighted by Crippen LogP contribution is -2.32. The molecule has 154 valence electrons. The van der Waals surface area contributed by atoms with Crippen LogP contribution in [0.1, 0.15) is 30.8 Å². The maximum atomic E-state index is 5.59. The fourth-order valence-corrected chi connectivity index (χ4v) is 4.45. The SMILES string of the molecule is c1ccc(-n2nnnc2CSc2nnc(N3CCCCC3)n2Cc2ccco2)cc1. The van der Waals surface area contributed by atoms with E-state index in [2.05, 4.69) is 35.2 Å². The highest BCUT2D eigenvalue weighted by molar-refractivity contribution is 7.98. The number of piperidine rings is 1. The number of hydrogen-bond acceptors (Lipinski definition) is 8. The second-order valence-corrected chi connectivity index (χ2v) is 8.07. The third kappa shape index (κ3) is 3.95. The number of furan rings is 1. The van der Waals surface area contributed by atoms with Gasteiger partial charge < -0.3 is 9.32 Å². The third-order valence-corrected chi connectivity index (χ3v) is 6.06. The number of nitrogens with zero attached hydrogens (tertiary/aromatic N) is 8. The van der Waals surface area contributed by atoms with Gasteiger partial charge in [0.1, 0.15) is 5.76 Å². The molecule has 1 aliphatic rings. The zero-order valence-corrected chi connectivity index (χ0v) is 17.3. The first-order chi connectivity index (χ1) is 14.9. The highest BCUT2D eigenvalue weighted by atomic mass is 32.2. The average molecular weight is 423 g/mol. The molecule has 0 amide bonds. The van der Waals surface area contributed by atoms with E-state index in [0.717, 1.165) is 41.5 Å². The minimum absolute atomic E-state index is 0.582. The minimum Gasteiger partial charge on any atom is -0.467 e. The summed E-state index contributed by atoms with van der Waals surface area (Å²) >= 11 is 1.58. The Hall–Kier alpha value is -3.14. The molecule has 0 unspecified atom stereocenters. The molecule has 30 heavy (non-hydrogen) atoms. The summed E-state index contributed by atoms with van der Waals surface area (Å²) in [5, 5.41) is 22.0. The standard InChI is InChI=1S/C20H22N8OS/c1-3-8-16(9-4-1)28-18(21-24-25-28)15-30-20-23-22-19(26-11-5-2-6-12-26)27(20)14-17-10-7-13-29-17/h1,3-4,7-10,13H,2,5-6,11-12,14-15H2. The van der Waals surface area contributed by atoms with Crippen molar-refractivity contribution in [3.8, 4) is 5.69 Å². The average Bonchev–Trinajstić information content (AvgIpc) is 3.55. The van der Waals surface area contributed by atoms with Crippen LogP contribution in [0.15, 0.2) is 58.3 Å². The molecule has 0 spiro atoms. The molecule has 4 heterocycles. The summed E-state index contributed by atoms with van der Waals surface area (Å²) in [6.45, 7) is 2.61. The highest BCUT2D eigenvalue weighted by Gasteiger charge is 2.22. The van der Waals surface area contributed by atoms with Crippen molar-refractivity contribution >= 4 is 17.7 Å². The van der Waals surface area contributed by atoms with Gasteiger partial charge in [-0.05, 0) is 54.0 Å². The summed E-state index contributed by atoms with van der Waals surface area (Å²) in [5.74, 6) is 3.12. The van der Waals surface area contributed by atoms with Crippen molar-refractivity contribution in [3.63, 3.8) is 0 Å². The predicted molar refractivity (Wildman–Crippen MR) is 113 cm³/mol. The quantitative estimate of drug-likeness (QED) is 0.420. The van der Waals surface area contributed by atoms with E-state index in [1.54, 1.807) is 22.7 Å². The molecule has 1 fully saturated rings. The van der Waals surface area contributed by atoms with Gasteiger partial charge in [-0.1, -0.05) is 30.0 Å². The van der Waals surface area contributed by atoms with Gasteiger partial charge in [0.25, 0.3) is 0 Å². The van der Waals surface area contributed by atoms with E-state index >= 15 is 0 Å². The van der Waals surface area contributed by atoms with Crippen LogP contribution in [0.3, 0.4) is 0 Å². The number of para-hydroxylation sites is 1. The molecular weight excluding hydrogens is 400 g/mol. The lowest BCUT2D eigenvalue weighted by molar-refractivity contribution is 0.479. The van der Waals surface area contributed by atoms with E-state index in [0.29, 0.717) is 12.3 Å². The van der Waals surface area contributed by atoms with Crippen LogP contribution < -0.4 is 4.90 Å². The van der Waals surface area contributed by atoms with Crippen molar-refractivity contribution in [2.45, 2.75) is 36.7 Å². The molecule has 1 aliphatic heterocycles. The van der Waals surface area contributed by atoms with E-state index in [9.17, 15) is 0 Å². The fourth-order valence-electron chi connectivity index (χ4n) is 3.61. The van der Waals surface area contributed by atoms with Crippen LogP contribution in [0.25, 0.3) is 5.69 Å². The molecule has 0 atom stereocenters. The fraction of sp³-hybridized carbons (Fsp3) is 0.350. The second-order valence-electron chi connectivity index (χ2n) is 7.13. The summed E-state index contributed by atoms with van der Waals surface area (Å²) in [6.07, 6.45) is 5.33. The van der Waals surface area contributed by atoms with Gasteiger partial charge in [-0.25, -0.2) is 0 Å². The predicted octanol–water partition coefficient (Wildman–Crippen LogP) is 3.18. The molecule has 0 aliphatic carbocycles. The van der Waals surface area contributed by atoms with Crippen LogP contribution in [-0.4, -0.2) is 48.1 Å². The van der Waals surface area contributed by atoms with E-state index in [-0.39, 0.29) is 0 Å². The van der Waals surface area contributed by atoms with Crippen molar-refractivity contribution in [1.82, 2.24) is 35.0 Å². The summed E-state index contributed by atoms with van der Waals surface area (Å²) in [7, 11) is 0. The van der Waals surface area contributed by atoms with Gasteiger partial charge in [0.05, 0.1) is 24.2 Å². The molecule has 1 aromatic carbocycles. The zero-order valence-electron chi connectivity index (χ0n) is 16.5. The Bertz CT molecular complexity index is 1070. The molecule has 3 aromatic heterocycles. The third-order valence-electron chi connectivity index (χ3n) is 5.10. The topological polar surface area (TPSA) is 90.7 Å². The van der Waals surface area contributed by atoms with Crippen molar-refractivity contribution in [1.29, 1.82) is 0 Å². The largest absolute Gasteiger partial charge is 0.467 e. The Labute approximate surface area is 178 Å². The van der Waals surface area contributed by atoms with Gasteiger partial charge in [-0.15, -0.1) is 15.3 Å². The van der Waals surface area contributed by atoms with Crippen molar-refractivity contribution in [2.24, 2.45) is 0 Å². The summed E-state index contributed by atoms with van der Waals surface area (Å²) in [5.41, 5.74) is 0.934. The lowest BCUT2D eigenvalue weighted by atomic mass is 10.1. The molecular formula is C20H22N8OS. The van der Waals surface area contributed by atoms with Gasteiger partial charge in [0.15, 0.2) is 11.0 Å². The second kappa shape index (κ2) is 8.70. The van der Waals surface area contributed by atoms with Gasteiger partial charge in [-0.2, -0.15) is 4.68 Å². The van der Waals surface area contributed by atoms with Crippen LogP contribution >= 0.6 is 11.8 Å². The van der Waals surface area contributed by atoms with Crippen molar-refractivity contribution < 1.29 is 4.42 Å². The Balaban J connectivity index is 1.39. The zero-order chi connectivity index (χ0) is 20.2. The van der Waals surface area contributed by atoms with Crippen molar-refractivity contribution in [3.05, 3.63) is 60.3 Å². The molecule has 5 rings (SSSR count). The van der Waals surface area contributed by atoms with Crippen LogP contribution in [0.4, 0.5) is 5.95 Å². The first kappa shape index (κ1) is 18.9. The van der Waals surface area contributed by atoms with Gasteiger partial charge in [-0.3, -0.25) is 4.57 Å². The Morgan fingerprint density at radius 3 is 2.60 bits per heavy atom. The van der Waals surface area contributed by atoms with Gasteiger partial charge in [0, 0.05) is 13.1 Å². The monoisotopic (exact) mass is 422 g/mol. The van der Waals surface area contributed by atoms with Crippen molar-refractivity contribution in [2.75, 3.05) is 18.0 Å². The summed E-state index contributed by atoms with van der Waals surface area (Å²) < 4.78 is 9.48. The number of anilines is 1. The maximum Gasteiger partial charge on any atom is 0.228 e. The van der Waals surface area contributed by atoms with Crippen LogP contribution in [0.2, 0.25) is 0 Å². The molecule has 4 aromatic rings. The van der Waals surface area contributed by atoms with Gasteiger partial charge >= 0.3 is 0 Å². The molecule has 0 saturated carbocycles. The molecule has 0 bridgehead atoms. The molecule has 9 nitrogen and oxygen atoms in total. The number of aromatic nitrogens is 7. The van der Waals surface area contributed by atoms with E-state index in [4.69, 9.17) is 4.42 Å². The van der Waals surface area contributed by atoms with E-state index in [1.165, 1.54) is 19.3 Å². The van der Waals surface area contributed by atoms with Crippen LogP contribution in [0.5, 0.6) is 0 Å². The van der Waals surface area contributed by atoms with E-state index in [1.807, 2.05) is 42.5 Å². The summed E-state index contributed by atoms with van der Waals surface area (Å²) in [6, 6.07) is 13.8. The lowest BCUT2D eigenvalue weighted by Gasteiger charge is -2.27. The first-order valence-corrected chi connectivity index (χ1v) is 11.0. The van der Waals surface area contributed by atoms with E-state index < -0.39 is 0 Å². The Morgan fingerprint density at radius 1 is 0.933 bits per heavy atom. The first-order valence-electron chi connectivity index (χ1n) is 10.0. The van der Waals surface area contributed by atoms with Crippen LogP contribution in [0, 0.1) is 0 Å². The number of thioether (sulfide) groups is 1. The minimum atomic E-state index is 0.582. The number of benzene rings is 1. The smallest absolute Gasteiger partial charge is 0.228 e. The number of tetrazole rings is 1.